The maximum Gasteiger partial charge on any atom is 0.322 e. The number of pyridine rings is 1. The van der Waals surface area contributed by atoms with Gasteiger partial charge in [0.2, 0.25) is 0 Å². The second-order valence-electron chi connectivity index (χ2n) is 7.46. The minimum Gasteiger partial charge on any atom is -0.333 e. The number of urea groups is 1. The minimum absolute atomic E-state index is 0.0113. The van der Waals surface area contributed by atoms with Gasteiger partial charge in [0.15, 0.2) is 0 Å². The Morgan fingerprint density at radius 2 is 2.00 bits per heavy atom. The third kappa shape index (κ3) is 3.15. The molecule has 1 unspecified atom stereocenters. The Labute approximate surface area is 164 Å². The summed E-state index contributed by atoms with van der Waals surface area (Å²) in [5.41, 5.74) is 5.62. The van der Waals surface area contributed by atoms with Gasteiger partial charge in [-0.15, -0.1) is 0 Å². The molecular weight excluding hydrogens is 352 g/mol. The summed E-state index contributed by atoms with van der Waals surface area (Å²) >= 11 is 0. The van der Waals surface area contributed by atoms with E-state index < -0.39 is 6.04 Å². The molecule has 0 spiro atoms. The number of hydrogen-bond donors (Lipinski definition) is 1. The molecule has 1 N–H and O–H groups in total. The van der Waals surface area contributed by atoms with Gasteiger partial charge in [-0.05, 0) is 37.1 Å². The summed E-state index contributed by atoms with van der Waals surface area (Å²) in [6.45, 7) is 5.08. The van der Waals surface area contributed by atoms with Crippen molar-refractivity contribution < 1.29 is 9.59 Å². The summed E-state index contributed by atoms with van der Waals surface area (Å²) < 4.78 is 0. The summed E-state index contributed by atoms with van der Waals surface area (Å²) in [4.78, 5) is 33.5. The smallest absolute Gasteiger partial charge is 0.322 e. The Bertz CT molecular complexity index is 968. The third-order valence-electron chi connectivity index (χ3n) is 5.54. The van der Waals surface area contributed by atoms with Crippen LogP contribution in [0.5, 0.6) is 0 Å². The number of carbonyl (C=O) groups is 2. The fraction of sp³-hybridized carbons (Fsp3) is 0.318. The Hall–Kier alpha value is -3.15. The van der Waals surface area contributed by atoms with Crippen LogP contribution in [0.3, 0.4) is 0 Å². The van der Waals surface area contributed by atoms with Crippen molar-refractivity contribution >= 4 is 11.9 Å². The van der Waals surface area contributed by atoms with Crippen LogP contribution in [0.25, 0.3) is 0 Å². The maximum atomic E-state index is 13.2. The summed E-state index contributed by atoms with van der Waals surface area (Å²) in [6.07, 6.45) is 2.45. The van der Waals surface area contributed by atoms with E-state index in [0.29, 0.717) is 25.1 Å². The van der Waals surface area contributed by atoms with Crippen molar-refractivity contribution in [3.63, 3.8) is 0 Å². The Kier molecular flexibility index (Phi) is 4.63. The molecule has 3 heterocycles. The molecule has 1 aromatic heterocycles. The zero-order valence-electron chi connectivity index (χ0n) is 16.4. The molecule has 2 aliphatic heterocycles. The second kappa shape index (κ2) is 7.11. The molecule has 144 valence electrons. The molecular formula is C22H24N4O2. The van der Waals surface area contributed by atoms with Crippen molar-refractivity contribution in [2.45, 2.75) is 26.3 Å². The van der Waals surface area contributed by atoms with E-state index in [0.717, 1.165) is 28.1 Å². The molecule has 28 heavy (non-hydrogen) atoms. The monoisotopic (exact) mass is 376 g/mol. The van der Waals surface area contributed by atoms with E-state index in [1.807, 2.05) is 49.1 Å². The lowest BCUT2D eigenvalue weighted by Crippen LogP contribution is -2.45. The lowest BCUT2D eigenvalue weighted by molar-refractivity contribution is -0.125. The van der Waals surface area contributed by atoms with Crippen LogP contribution in [-0.2, 0) is 11.2 Å². The first kappa shape index (κ1) is 18.2. The predicted octanol–water partition coefficient (Wildman–Crippen LogP) is 2.73. The third-order valence-corrected chi connectivity index (χ3v) is 5.54. The molecule has 1 aromatic carbocycles. The first-order chi connectivity index (χ1) is 13.5. The molecule has 2 aliphatic rings. The van der Waals surface area contributed by atoms with Crippen molar-refractivity contribution in [2.75, 3.05) is 20.1 Å². The van der Waals surface area contributed by atoms with E-state index in [2.05, 4.69) is 16.4 Å². The molecule has 6 nitrogen and oxygen atoms in total. The van der Waals surface area contributed by atoms with Crippen molar-refractivity contribution in [2.24, 2.45) is 0 Å². The summed E-state index contributed by atoms with van der Waals surface area (Å²) in [7, 11) is 1.72. The highest BCUT2D eigenvalue weighted by atomic mass is 16.2. The lowest BCUT2D eigenvalue weighted by atomic mass is 9.91. The Morgan fingerprint density at radius 1 is 1.18 bits per heavy atom. The largest absolute Gasteiger partial charge is 0.333 e. The van der Waals surface area contributed by atoms with Gasteiger partial charge in [0.05, 0.1) is 23.9 Å². The molecule has 0 fully saturated rings. The molecule has 0 saturated heterocycles. The van der Waals surface area contributed by atoms with E-state index in [1.165, 1.54) is 0 Å². The molecule has 0 radical (unpaired) electrons. The highest BCUT2D eigenvalue weighted by Crippen LogP contribution is 2.36. The molecule has 3 amide bonds. The number of aromatic nitrogens is 1. The fourth-order valence-electron chi connectivity index (χ4n) is 3.98. The molecule has 0 bridgehead atoms. The number of nitrogens with zero attached hydrogens (tertiary/aromatic N) is 3. The topological polar surface area (TPSA) is 65.5 Å². The Morgan fingerprint density at radius 3 is 2.71 bits per heavy atom. The number of likely N-dealkylation sites (N-methyl/N-ethyl adjacent to an activating group) is 1. The molecule has 6 heteroatoms. The number of aryl methyl sites for hydroxylation is 2. The first-order valence-electron chi connectivity index (χ1n) is 9.49. The number of amides is 3. The van der Waals surface area contributed by atoms with Crippen molar-refractivity contribution in [3.8, 4) is 0 Å². The van der Waals surface area contributed by atoms with Crippen molar-refractivity contribution in [1.82, 2.24) is 20.1 Å². The van der Waals surface area contributed by atoms with E-state index in [-0.39, 0.29) is 11.9 Å². The molecule has 0 aliphatic carbocycles. The zero-order valence-corrected chi connectivity index (χ0v) is 16.4. The molecule has 0 saturated carbocycles. The summed E-state index contributed by atoms with van der Waals surface area (Å²) in [5.74, 6) is -0.0113. The van der Waals surface area contributed by atoms with E-state index in [4.69, 9.17) is 0 Å². The average molecular weight is 376 g/mol. The van der Waals surface area contributed by atoms with Gasteiger partial charge in [-0.25, -0.2) is 4.79 Å². The van der Waals surface area contributed by atoms with Gasteiger partial charge in [-0.3, -0.25) is 14.7 Å². The molecule has 4 rings (SSSR count). The minimum atomic E-state index is -0.411. The van der Waals surface area contributed by atoms with Crippen molar-refractivity contribution in [3.05, 3.63) is 76.2 Å². The van der Waals surface area contributed by atoms with Gasteiger partial charge in [0, 0.05) is 31.9 Å². The van der Waals surface area contributed by atoms with Crippen LogP contribution >= 0.6 is 0 Å². The highest BCUT2D eigenvalue weighted by Gasteiger charge is 2.43. The normalized spacial score (nSPS) is 19.2. The van der Waals surface area contributed by atoms with E-state index in [1.54, 1.807) is 18.1 Å². The van der Waals surface area contributed by atoms with Crippen LogP contribution in [0, 0.1) is 13.8 Å². The predicted molar refractivity (Wildman–Crippen MR) is 106 cm³/mol. The zero-order chi connectivity index (χ0) is 19.8. The number of rotatable bonds is 4. The van der Waals surface area contributed by atoms with Crippen LogP contribution in [0.1, 0.15) is 28.4 Å². The first-order valence-corrected chi connectivity index (χ1v) is 9.49. The second-order valence-corrected chi connectivity index (χ2v) is 7.46. The van der Waals surface area contributed by atoms with Gasteiger partial charge < -0.3 is 10.2 Å². The van der Waals surface area contributed by atoms with Gasteiger partial charge in [-0.2, -0.15) is 0 Å². The van der Waals surface area contributed by atoms with Crippen LogP contribution in [0.4, 0.5) is 4.79 Å². The highest BCUT2D eigenvalue weighted by molar-refractivity contribution is 6.01. The van der Waals surface area contributed by atoms with Gasteiger partial charge in [0.1, 0.15) is 0 Å². The number of hydrogen-bond acceptors (Lipinski definition) is 3. The number of benzene rings is 1. The van der Waals surface area contributed by atoms with Crippen LogP contribution < -0.4 is 5.32 Å². The molecule has 2 aromatic rings. The summed E-state index contributed by atoms with van der Waals surface area (Å²) in [5, 5.41) is 3.01. The standard InChI is InChI=1S/C22H24N4O2/c1-14-7-8-17(15(2)12-14)20-19-18(25(3)22(28)24-20)13-26(21(19)27)11-9-16-6-4-5-10-23-16/h4-8,10,12,20H,9,11,13H2,1-3H3,(H,24,28). The van der Waals surface area contributed by atoms with Gasteiger partial charge in [0.25, 0.3) is 5.91 Å². The van der Waals surface area contributed by atoms with Crippen molar-refractivity contribution in [1.29, 1.82) is 0 Å². The Balaban J connectivity index is 1.62. The van der Waals surface area contributed by atoms with E-state index in [9.17, 15) is 9.59 Å². The van der Waals surface area contributed by atoms with Crippen LogP contribution in [-0.4, -0.2) is 46.9 Å². The fourth-order valence-corrected chi connectivity index (χ4v) is 3.98. The van der Waals surface area contributed by atoms with Crippen LogP contribution in [0.15, 0.2) is 53.9 Å². The number of carbonyl (C=O) groups excluding carboxylic acids is 2. The average Bonchev–Trinajstić information content (AvgIpc) is 3.01. The quantitative estimate of drug-likeness (QED) is 0.892. The lowest BCUT2D eigenvalue weighted by Gasteiger charge is -2.31. The van der Waals surface area contributed by atoms with Gasteiger partial charge in [-0.1, -0.05) is 29.8 Å². The number of nitrogens with one attached hydrogen (secondary N) is 1. The SMILES string of the molecule is Cc1ccc(C2NC(=O)N(C)C3=C2C(=O)N(CCc2ccccn2)C3)c(C)c1. The van der Waals surface area contributed by atoms with Gasteiger partial charge >= 0.3 is 6.03 Å². The molecule has 1 atom stereocenters. The van der Waals surface area contributed by atoms with Crippen LogP contribution in [0.2, 0.25) is 0 Å². The summed E-state index contributed by atoms with van der Waals surface area (Å²) in [6, 6.07) is 11.3. The van der Waals surface area contributed by atoms with E-state index >= 15 is 0 Å². The maximum absolute atomic E-state index is 13.2.